The van der Waals surface area contributed by atoms with Crippen molar-refractivity contribution in [1.82, 2.24) is 24.5 Å². The van der Waals surface area contributed by atoms with Crippen molar-refractivity contribution in [2.24, 2.45) is 0 Å². The summed E-state index contributed by atoms with van der Waals surface area (Å²) in [5.41, 5.74) is 6.64. The molecule has 242 valence electrons. The molecule has 3 aromatic heterocycles. The Morgan fingerprint density at radius 2 is 1.22 bits per heavy atom. The minimum Gasteiger partial charge on any atom is -0.351 e. The second-order valence-corrected chi connectivity index (χ2v) is 10.7. The lowest BCUT2D eigenvalue weighted by atomic mass is 10.1. The average Bonchev–Trinajstić information content (AvgIpc) is 3.16. The van der Waals surface area contributed by atoms with Crippen molar-refractivity contribution in [2.45, 2.75) is 26.9 Å². The molecule has 0 spiro atoms. The van der Waals surface area contributed by atoms with Crippen LogP contribution >= 0.6 is 0 Å². The van der Waals surface area contributed by atoms with Crippen LogP contribution in [0.1, 0.15) is 25.0 Å². The Kier molecular flexibility index (Phi) is 10.7. The minimum atomic E-state index is -0.195. The number of aryl methyl sites for hydroxylation is 2. The van der Waals surface area contributed by atoms with E-state index < -0.39 is 0 Å². The number of nitrogens with zero attached hydrogens (tertiary/aromatic N) is 8. The molecular formula is C38H33N9O2. The van der Waals surface area contributed by atoms with Crippen LogP contribution in [0.25, 0.3) is 22.5 Å². The van der Waals surface area contributed by atoms with E-state index in [9.17, 15) is 9.59 Å². The molecule has 0 saturated heterocycles. The number of rotatable bonds is 8. The van der Waals surface area contributed by atoms with Crippen molar-refractivity contribution in [1.29, 1.82) is 10.5 Å². The zero-order valence-electron chi connectivity index (χ0n) is 27.3. The fraction of sp³-hybridized carbons (Fsp3) is 0.132. The summed E-state index contributed by atoms with van der Waals surface area (Å²) in [5.74, 6) is 0. The van der Waals surface area contributed by atoms with Gasteiger partial charge in [-0.3, -0.25) is 14.6 Å². The molecular weight excluding hydrogens is 614 g/mol. The first-order chi connectivity index (χ1) is 23.8. The molecule has 0 atom stereocenters. The van der Waals surface area contributed by atoms with E-state index in [0.29, 0.717) is 41.3 Å². The smallest absolute Gasteiger partial charge is 0.290 e. The maximum atomic E-state index is 12.7. The van der Waals surface area contributed by atoms with E-state index in [4.69, 9.17) is 10.5 Å². The SMILES string of the molecule is CCn1nc(-c2ccccc2)cc(N(C)c2ccc(C#N)cc2)c1=O.CCn1nc(-c2ccncc2)cc(Nc2ccc(C#N)cc2)c1=O. The topological polar surface area (TPSA) is 146 Å². The van der Waals surface area contributed by atoms with Crippen LogP contribution in [-0.4, -0.2) is 31.6 Å². The van der Waals surface area contributed by atoms with E-state index in [1.807, 2.05) is 86.5 Å². The molecule has 0 amide bonds. The molecule has 0 aliphatic heterocycles. The second-order valence-electron chi connectivity index (χ2n) is 10.7. The molecule has 0 aliphatic rings. The van der Waals surface area contributed by atoms with Crippen LogP contribution in [0.15, 0.2) is 125 Å². The lowest BCUT2D eigenvalue weighted by molar-refractivity contribution is 0.619. The quantitative estimate of drug-likeness (QED) is 0.195. The van der Waals surface area contributed by atoms with Gasteiger partial charge in [-0.1, -0.05) is 30.3 Å². The molecule has 0 unspecified atom stereocenters. The number of aromatic nitrogens is 5. The molecule has 11 nitrogen and oxygen atoms in total. The molecule has 6 rings (SSSR count). The lowest BCUT2D eigenvalue weighted by Crippen LogP contribution is -2.28. The predicted molar refractivity (Wildman–Crippen MR) is 191 cm³/mol. The second kappa shape index (κ2) is 15.6. The fourth-order valence-corrected chi connectivity index (χ4v) is 4.92. The van der Waals surface area contributed by atoms with Crippen molar-refractivity contribution >= 4 is 22.7 Å². The third kappa shape index (κ3) is 7.94. The summed E-state index contributed by atoms with van der Waals surface area (Å²) in [6, 6.07) is 35.2. The Morgan fingerprint density at radius 3 is 1.80 bits per heavy atom. The molecule has 6 aromatic rings. The van der Waals surface area contributed by atoms with Gasteiger partial charge in [0.1, 0.15) is 11.4 Å². The van der Waals surface area contributed by atoms with Crippen LogP contribution in [0.2, 0.25) is 0 Å². The van der Waals surface area contributed by atoms with Gasteiger partial charge in [0.05, 0.1) is 34.7 Å². The van der Waals surface area contributed by atoms with Crippen molar-refractivity contribution in [3.63, 3.8) is 0 Å². The number of benzene rings is 3. The normalized spacial score (nSPS) is 10.2. The number of nitriles is 2. The van der Waals surface area contributed by atoms with Crippen LogP contribution in [0.5, 0.6) is 0 Å². The van der Waals surface area contributed by atoms with E-state index >= 15 is 0 Å². The number of pyridine rings is 1. The van der Waals surface area contributed by atoms with Crippen molar-refractivity contribution in [2.75, 3.05) is 17.3 Å². The van der Waals surface area contributed by atoms with E-state index in [1.165, 1.54) is 9.36 Å². The van der Waals surface area contributed by atoms with E-state index in [2.05, 4.69) is 32.6 Å². The summed E-state index contributed by atoms with van der Waals surface area (Å²) in [6.07, 6.45) is 3.37. The molecule has 0 aliphatic carbocycles. The third-order valence-corrected chi connectivity index (χ3v) is 7.61. The largest absolute Gasteiger partial charge is 0.351 e. The summed E-state index contributed by atoms with van der Waals surface area (Å²) in [6.45, 7) is 4.73. The fourth-order valence-electron chi connectivity index (χ4n) is 4.92. The third-order valence-electron chi connectivity index (χ3n) is 7.61. The summed E-state index contributed by atoms with van der Waals surface area (Å²) < 4.78 is 2.89. The van der Waals surface area contributed by atoms with Crippen molar-refractivity contribution in [3.05, 3.63) is 147 Å². The molecule has 0 fully saturated rings. The Bertz CT molecular complexity index is 2230. The van der Waals surface area contributed by atoms with Gasteiger partial charge in [-0.2, -0.15) is 20.7 Å². The monoisotopic (exact) mass is 647 g/mol. The van der Waals surface area contributed by atoms with Gasteiger partial charge >= 0.3 is 0 Å². The summed E-state index contributed by atoms with van der Waals surface area (Å²) in [4.78, 5) is 31.0. The summed E-state index contributed by atoms with van der Waals surface area (Å²) in [5, 5.41) is 29.7. The Labute approximate surface area is 283 Å². The number of nitrogens with one attached hydrogen (secondary N) is 1. The highest BCUT2D eigenvalue weighted by atomic mass is 16.1. The molecule has 3 aromatic carbocycles. The van der Waals surface area contributed by atoms with E-state index in [0.717, 1.165) is 28.2 Å². The number of hydrogen-bond donors (Lipinski definition) is 1. The first-order valence-corrected chi connectivity index (χ1v) is 15.6. The maximum absolute atomic E-state index is 12.7. The lowest BCUT2D eigenvalue weighted by Gasteiger charge is -2.20. The van der Waals surface area contributed by atoms with Crippen LogP contribution in [0.3, 0.4) is 0 Å². The first kappa shape index (κ1) is 33.5. The standard InChI is InChI=1S/C20H18N4O.C18H15N5O/c1-3-24-20(25)19(13-18(22-24)16-7-5-4-6-8-16)23(2)17-11-9-15(14-21)10-12-17;1-2-23-18(24)17(21-15-5-3-13(12-19)4-6-15)11-16(22-23)14-7-9-20-10-8-14/h4-13H,3H2,1-2H3;3-11,21H,2H2,1H3. The van der Waals surface area contributed by atoms with Gasteiger partial charge in [0.15, 0.2) is 0 Å². The molecule has 0 radical (unpaired) electrons. The summed E-state index contributed by atoms with van der Waals surface area (Å²) >= 11 is 0. The molecule has 49 heavy (non-hydrogen) atoms. The molecule has 1 N–H and O–H groups in total. The number of anilines is 4. The van der Waals surface area contributed by atoms with Gasteiger partial charge in [0.25, 0.3) is 11.1 Å². The maximum Gasteiger partial charge on any atom is 0.290 e. The van der Waals surface area contributed by atoms with Gasteiger partial charge in [-0.15, -0.1) is 0 Å². The zero-order valence-corrected chi connectivity index (χ0v) is 27.3. The van der Waals surface area contributed by atoms with Crippen molar-refractivity contribution < 1.29 is 0 Å². The van der Waals surface area contributed by atoms with Crippen LogP contribution in [0.4, 0.5) is 22.7 Å². The highest BCUT2D eigenvalue weighted by Crippen LogP contribution is 2.25. The van der Waals surface area contributed by atoms with Crippen LogP contribution in [0, 0.1) is 22.7 Å². The summed E-state index contributed by atoms with van der Waals surface area (Å²) in [7, 11) is 1.84. The van der Waals surface area contributed by atoms with Crippen LogP contribution < -0.4 is 21.3 Å². The highest BCUT2D eigenvalue weighted by molar-refractivity contribution is 5.69. The van der Waals surface area contributed by atoms with Crippen LogP contribution in [-0.2, 0) is 13.1 Å². The average molecular weight is 648 g/mol. The Balaban J connectivity index is 0.000000191. The number of hydrogen-bond acceptors (Lipinski definition) is 9. The van der Waals surface area contributed by atoms with Crippen molar-refractivity contribution in [3.8, 4) is 34.7 Å². The van der Waals surface area contributed by atoms with E-state index in [1.54, 1.807) is 54.9 Å². The van der Waals surface area contributed by atoms with E-state index in [-0.39, 0.29) is 11.1 Å². The van der Waals surface area contributed by atoms with Gasteiger partial charge in [0.2, 0.25) is 0 Å². The first-order valence-electron chi connectivity index (χ1n) is 15.6. The minimum absolute atomic E-state index is 0.144. The van der Waals surface area contributed by atoms with Gasteiger partial charge < -0.3 is 10.2 Å². The Morgan fingerprint density at radius 1 is 0.694 bits per heavy atom. The molecule has 3 heterocycles. The Hall–Kier alpha value is -6.85. The molecule has 0 bridgehead atoms. The predicted octanol–water partition coefficient (Wildman–Crippen LogP) is 6.51. The van der Waals surface area contributed by atoms with Gasteiger partial charge in [-0.25, -0.2) is 9.36 Å². The molecule has 0 saturated carbocycles. The van der Waals surface area contributed by atoms with Gasteiger partial charge in [0, 0.05) is 55.0 Å². The van der Waals surface area contributed by atoms with Gasteiger partial charge in [-0.05, 0) is 86.6 Å². The molecule has 11 heteroatoms. The highest BCUT2D eigenvalue weighted by Gasteiger charge is 2.14. The zero-order chi connectivity index (χ0) is 34.8.